The van der Waals surface area contributed by atoms with Crippen molar-refractivity contribution in [2.24, 2.45) is 0 Å². The van der Waals surface area contributed by atoms with Crippen molar-refractivity contribution in [3.8, 4) is 5.75 Å². The van der Waals surface area contributed by atoms with E-state index in [2.05, 4.69) is 55.5 Å². The summed E-state index contributed by atoms with van der Waals surface area (Å²) in [6.45, 7) is 3.00. The molecule has 0 aromatic heterocycles. The number of ether oxygens (including phenoxy) is 5. The van der Waals surface area contributed by atoms with Gasteiger partial charge < -0.3 is 28.8 Å². The second-order valence-electron chi connectivity index (χ2n) is 14.3. The first kappa shape index (κ1) is 38.2. The highest BCUT2D eigenvalue weighted by atomic mass is 16.7. The minimum atomic E-state index is -1.88. The van der Waals surface area contributed by atoms with Crippen molar-refractivity contribution in [2.75, 3.05) is 7.11 Å². The van der Waals surface area contributed by atoms with E-state index >= 15 is 0 Å². The molecule has 6 heteroatoms. The molecular formula is C49H50O6. The number of aliphatic hydroxyl groups is 1. The summed E-state index contributed by atoms with van der Waals surface area (Å²) < 4.78 is 33.1. The Bertz CT molecular complexity index is 2040. The molecule has 1 unspecified atom stereocenters. The Morgan fingerprint density at radius 3 is 1.62 bits per heavy atom. The molecule has 0 radical (unpaired) electrons. The summed E-state index contributed by atoms with van der Waals surface area (Å²) in [7, 11) is 1.67. The zero-order chi connectivity index (χ0) is 37.9. The molecule has 282 valence electrons. The van der Waals surface area contributed by atoms with E-state index < -0.39 is 30.2 Å². The first-order valence-electron chi connectivity index (χ1n) is 19.1. The fourth-order valence-corrected chi connectivity index (χ4v) is 7.31. The van der Waals surface area contributed by atoms with Crippen LogP contribution in [0.1, 0.15) is 50.9 Å². The van der Waals surface area contributed by atoms with E-state index in [-0.39, 0.29) is 6.61 Å². The third-order valence-corrected chi connectivity index (χ3v) is 10.4. The van der Waals surface area contributed by atoms with Crippen LogP contribution in [0.4, 0.5) is 0 Å². The summed E-state index contributed by atoms with van der Waals surface area (Å²) in [5.74, 6) is -1.07. The van der Waals surface area contributed by atoms with Gasteiger partial charge in [-0.15, -0.1) is 0 Å². The van der Waals surface area contributed by atoms with Crippen molar-refractivity contribution in [3.63, 3.8) is 0 Å². The maximum Gasteiger partial charge on any atom is 0.222 e. The van der Waals surface area contributed by atoms with Crippen LogP contribution in [-0.2, 0) is 57.4 Å². The lowest BCUT2D eigenvalue weighted by Crippen LogP contribution is -2.65. The largest absolute Gasteiger partial charge is 0.497 e. The normalized spacial score (nSPS) is 20.9. The number of hydrogen-bond donors (Lipinski definition) is 1. The molecule has 0 aliphatic carbocycles. The van der Waals surface area contributed by atoms with Crippen molar-refractivity contribution >= 4 is 0 Å². The number of methoxy groups -OCH3 is 1. The maximum atomic E-state index is 13.3. The van der Waals surface area contributed by atoms with Crippen LogP contribution in [-0.4, -0.2) is 36.6 Å². The van der Waals surface area contributed by atoms with E-state index in [1.165, 1.54) is 5.56 Å². The second-order valence-corrected chi connectivity index (χ2v) is 14.3. The molecule has 1 saturated heterocycles. The molecule has 1 heterocycles. The molecular weight excluding hydrogens is 685 g/mol. The Labute approximate surface area is 325 Å². The minimum Gasteiger partial charge on any atom is -0.497 e. The fourth-order valence-electron chi connectivity index (χ4n) is 7.31. The van der Waals surface area contributed by atoms with E-state index in [0.717, 1.165) is 45.6 Å². The third-order valence-electron chi connectivity index (χ3n) is 10.4. The van der Waals surface area contributed by atoms with Gasteiger partial charge in [0.15, 0.2) is 0 Å². The van der Waals surface area contributed by atoms with Crippen molar-refractivity contribution in [3.05, 3.63) is 208 Å². The van der Waals surface area contributed by atoms with Gasteiger partial charge in [-0.3, -0.25) is 0 Å². The lowest BCUT2D eigenvalue weighted by Gasteiger charge is -2.50. The van der Waals surface area contributed by atoms with Gasteiger partial charge in [0, 0.05) is 5.56 Å². The molecule has 1 fully saturated rings. The van der Waals surface area contributed by atoms with Gasteiger partial charge in [-0.1, -0.05) is 146 Å². The number of benzene rings is 6. The topological polar surface area (TPSA) is 66.4 Å². The van der Waals surface area contributed by atoms with E-state index in [0.29, 0.717) is 31.6 Å². The van der Waals surface area contributed by atoms with E-state index in [1.54, 1.807) is 7.11 Å². The summed E-state index contributed by atoms with van der Waals surface area (Å²) in [5, 5.41) is 13.3. The molecule has 1 N–H and O–H groups in total. The van der Waals surface area contributed by atoms with Crippen LogP contribution in [0.5, 0.6) is 5.75 Å². The Hall–Kier alpha value is -5.08. The molecule has 6 nitrogen and oxygen atoms in total. The van der Waals surface area contributed by atoms with E-state index in [1.807, 2.05) is 115 Å². The number of rotatable bonds is 16. The molecule has 6 aromatic rings. The van der Waals surface area contributed by atoms with Crippen LogP contribution < -0.4 is 4.74 Å². The molecule has 0 spiro atoms. The zero-order valence-corrected chi connectivity index (χ0v) is 31.6. The van der Waals surface area contributed by atoms with Gasteiger partial charge in [0.25, 0.3) is 0 Å². The predicted molar refractivity (Wildman–Crippen MR) is 216 cm³/mol. The third kappa shape index (κ3) is 9.78. The highest BCUT2D eigenvalue weighted by Gasteiger charge is 2.57. The van der Waals surface area contributed by atoms with Gasteiger partial charge in [-0.25, -0.2) is 0 Å². The highest BCUT2D eigenvalue weighted by molar-refractivity contribution is 5.39. The first-order chi connectivity index (χ1) is 27.0. The van der Waals surface area contributed by atoms with Crippen LogP contribution in [0.2, 0.25) is 0 Å². The smallest absolute Gasteiger partial charge is 0.222 e. The average molecular weight is 735 g/mol. The van der Waals surface area contributed by atoms with Gasteiger partial charge in [0.05, 0.1) is 33.0 Å². The van der Waals surface area contributed by atoms with Crippen LogP contribution >= 0.6 is 0 Å². The number of hydrogen-bond acceptors (Lipinski definition) is 6. The SMILES string of the molecule is COc1ccc(Cc2cc(C3(O)O[C@H](CCc4ccccc4)[C@@H](OCc4ccccc4)[C@H](OCc4ccccc4)[C@H]3OCc3ccccc3)ccc2C)cc1. The quantitative estimate of drug-likeness (QED) is 0.107. The summed E-state index contributed by atoms with van der Waals surface area (Å²) >= 11 is 0. The molecule has 55 heavy (non-hydrogen) atoms. The van der Waals surface area contributed by atoms with E-state index in [4.69, 9.17) is 23.7 Å². The summed E-state index contributed by atoms with van der Waals surface area (Å²) in [6.07, 6.45) is -0.795. The monoisotopic (exact) mass is 734 g/mol. The zero-order valence-electron chi connectivity index (χ0n) is 31.6. The Morgan fingerprint density at radius 1 is 0.564 bits per heavy atom. The molecule has 1 aliphatic heterocycles. The lowest BCUT2D eigenvalue weighted by molar-refractivity contribution is -0.375. The maximum absolute atomic E-state index is 13.3. The molecule has 0 bridgehead atoms. The molecule has 6 aromatic carbocycles. The van der Waals surface area contributed by atoms with Crippen molar-refractivity contribution in [1.82, 2.24) is 0 Å². The Morgan fingerprint density at radius 2 is 1.07 bits per heavy atom. The first-order valence-corrected chi connectivity index (χ1v) is 19.1. The van der Waals surface area contributed by atoms with Crippen LogP contribution in [0.15, 0.2) is 164 Å². The highest BCUT2D eigenvalue weighted by Crippen LogP contribution is 2.43. The lowest BCUT2D eigenvalue weighted by atomic mass is 9.84. The van der Waals surface area contributed by atoms with Gasteiger partial charge in [-0.2, -0.15) is 0 Å². The van der Waals surface area contributed by atoms with Gasteiger partial charge in [0.1, 0.15) is 24.1 Å². The number of aryl methyl sites for hydroxylation is 2. The predicted octanol–water partition coefficient (Wildman–Crippen LogP) is 9.53. The standard InChI is InChI=1S/C49H50O6/c1-36-23-27-43(32-42(36)31-38-24-28-44(51-2)29-25-38)49(50)48(54-35-41-21-13-6-14-22-41)47(53-34-40-19-11-5-12-20-40)46(52-33-39-17-9-4-10-18-39)45(55-49)30-26-37-15-7-3-8-16-37/h3-25,27-29,32,45-48,50H,26,30-31,33-35H2,1-2H3/t45-,46-,47+,48-,49?/m1/s1. The fraction of sp³-hybridized carbons (Fsp3) is 0.265. The Kier molecular flexibility index (Phi) is 12.9. The van der Waals surface area contributed by atoms with Crippen LogP contribution in [0, 0.1) is 6.92 Å². The Balaban J connectivity index is 1.30. The summed E-state index contributed by atoms with van der Waals surface area (Å²) in [5.41, 5.74) is 8.14. The molecule has 0 amide bonds. The van der Waals surface area contributed by atoms with Crippen molar-refractivity contribution in [1.29, 1.82) is 0 Å². The molecule has 7 rings (SSSR count). The van der Waals surface area contributed by atoms with Crippen LogP contribution in [0.25, 0.3) is 0 Å². The second kappa shape index (κ2) is 18.5. The van der Waals surface area contributed by atoms with E-state index in [9.17, 15) is 5.11 Å². The molecule has 5 atom stereocenters. The van der Waals surface area contributed by atoms with Gasteiger partial charge in [0.2, 0.25) is 5.79 Å². The van der Waals surface area contributed by atoms with Crippen molar-refractivity contribution in [2.45, 2.75) is 76.2 Å². The summed E-state index contributed by atoms with van der Waals surface area (Å²) in [4.78, 5) is 0. The van der Waals surface area contributed by atoms with Gasteiger partial charge >= 0.3 is 0 Å². The van der Waals surface area contributed by atoms with Crippen LogP contribution in [0.3, 0.4) is 0 Å². The molecule has 1 aliphatic rings. The average Bonchev–Trinajstić information content (AvgIpc) is 3.24. The van der Waals surface area contributed by atoms with Crippen molar-refractivity contribution < 1.29 is 28.8 Å². The minimum absolute atomic E-state index is 0.243. The van der Waals surface area contributed by atoms with Gasteiger partial charge in [-0.05, 0) is 83.3 Å². The molecule has 0 saturated carbocycles. The summed E-state index contributed by atoms with van der Waals surface area (Å²) in [6, 6.07) is 54.8.